The smallest absolute Gasteiger partial charge is 0.354 e. The van der Waals surface area contributed by atoms with Crippen molar-refractivity contribution in [3.63, 3.8) is 0 Å². The highest BCUT2D eigenvalue weighted by Crippen LogP contribution is 2.19. The van der Waals surface area contributed by atoms with Crippen LogP contribution in [0.25, 0.3) is 0 Å². The minimum absolute atomic E-state index is 0.0802. The van der Waals surface area contributed by atoms with Crippen molar-refractivity contribution in [1.82, 2.24) is 9.88 Å². The minimum atomic E-state index is -0.993. The standard InChI is InChI=1S/C20H25N3O2/c24-20(25)18-10-6-11-19(22-18)21-13-17-9-4-5-12-23(15-17)14-16-7-2-1-3-8-16/h1-3,6-8,10-11,17H,4-5,9,12-15H2,(H,21,22)(H,24,25). The van der Waals surface area contributed by atoms with Crippen LogP contribution in [0.5, 0.6) is 0 Å². The molecule has 25 heavy (non-hydrogen) atoms. The van der Waals surface area contributed by atoms with E-state index in [4.69, 9.17) is 5.11 Å². The molecule has 0 saturated carbocycles. The topological polar surface area (TPSA) is 65.5 Å². The number of carbonyl (C=O) groups is 1. The molecule has 1 fully saturated rings. The fraction of sp³-hybridized carbons (Fsp3) is 0.400. The molecule has 1 saturated heterocycles. The third-order valence-electron chi connectivity index (χ3n) is 4.64. The molecule has 5 nitrogen and oxygen atoms in total. The average Bonchev–Trinajstić information content (AvgIpc) is 2.86. The average molecular weight is 339 g/mol. The first-order valence-corrected chi connectivity index (χ1v) is 8.91. The minimum Gasteiger partial charge on any atom is -0.477 e. The fourth-order valence-corrected chi connectivity index (χ4v) is 3.37. The van der Waals surface area contributed by atoms with Crippen LogP contribution in [0.1, 0.15) is 35.3 Å². The molecule has 1 aliphatic heterocycles. The van der Waals surface area contributed by atoms with Crippen LogP contribution in [0.3, 0.4) is 0 Å². The Morgan fingerprint density at radius 3 is 2.80 bits per heavy atom. The highest BCUT2D eigenvalue weighted by molar-refractivity contribution is 5.85. The molecule has 1 aromatic heterocycles. The van der Waals surface area contributed by atoms with Gasteiger partial charge in [-0.15, -0.1) is 0 Å². The first-order valence-electron chi connectivity index (χ1n) is 8.91. The molecule has 1 aliphatic rings. The van der Waals surface area contributed by atoms with Crippen LogP contribution in [0.4, 0.5) is 5.82 Å². The zero-order chi connectivity index (χ0) is 17.5. The van der Waals surface area contributed by atoms with Crippen molar-refractivity contribution in [1.29, 1.82) is 0 Å². The maximum atomic E-state index is 11.0. The number of benzene rings is 1. The van der Waals surface area contributed by atoms with E-state index in [0.717, 1.165) is 26.2 Å². The van der Waals surface area contributed by atoms with E-state index < -0.39 is 5.97 Å². The first kappa shape index (κ1) is 17.4. The van der Waals surface area contributed by atoms with Crippen LogP contribution < -0.4 is 5.32 Å². The maximum Gasteiger partial charge on any atom is 0.354 e. The number of hydrogen-bond acceptors (Lipinski definition) is 4. The van der Waals surface area contributed by atoms with Gasteiger partial charge < -0.3 is 10.4 Å². The second kappa shape index (κ2) is 8.62. The predicted octanol–water partition coefficient (Wildman–Crippen LogP) is 3.49. The summed E-state index contributed by atoms with van der Waals surface area (Å²) in [6, 6.07) is 15.7. The van der Waals surface area contributed by atoms with E-state index in [1.54, 1.807) is 6.07 Å². The number of nitrogens with zero attached hydrogens (tertiary/aromatic N) is 2. The zero-order valence-electron chi connectivity index (χ0n) is 14.4. The summed E-state index contributed by atoms with van der Waals surface area (Å²) in [6.07, 6.45) is 3.66. The van der Waals surface area contributed by atoms with Crippen molar-refractivity contribution in [3.05, 3.63) is 59.8 Å². The van der Waals surface area contributed by atoms with E-state index in [9.17, 15) is 4.79 Å². The number of aromatic nitrogens is 1. The van der Waals surface area contributed by atoms with Gasteiger partial charge in [-0.05, 0) is 43.0 Å². The number of likely N-dealkylation sites (tertiary alicyclic amines) is 1. The normalized spacial score (nSPS) is 18.5. The second-order valence-electron chi connectivity index (χ2n) is 6.68. The number of anilines is 1. The fourth-order valence-electron chi connectivity index (χ4n) is 3.37. The Balaban J connectivity index is 1.56. The van der Waals surface area contributed by atoms with Gasteiger partial charge in [0.2, 0.25) is 0 Å². The molecule has 0 aliphatic carbocycles. The zero-order valence-corrected chi connectivity index (χ0v) is 14.4. The summed E-state index contributed by atoms with van der Waals surface area (Å²) < 4.78 is 0. The Kier molecular flexibility index (Phi) is 6.01. The number of carboxylic acids is 1. The number of pyridine rings is 1. The molecule has 0 spiro atoms. The van der Waals surface area contributed by atoms with Crippen molar-refractivity contribution in [2.75, 3.05) is 25.0 Å². The Hall–Kier alpha value is -2.40. The number of carboxylic acid groups (broad SMARTS) is 1. The summed E-state index contributed by atoms with van der Waals surface area (Å²) in [5.74, 6) is 0.187. The van der Waals surface area contributed by atoms with Crippen molar-refractivity contribution < 1.29 is 9.90 Å². The Bertz CT molecular complexity index is 690. The molecule has 5 heteroatoms. The van der Waals surface area contributed by atoms with Gasteiger partial charge in [0.25, 0.3) is 0 Å². The lowest BCUT2D eigenvalue weighted by Gasteiger charge is -2.24. The SMILES string of the molecule is O=C(O)c1cccc(NCC2CCCCN(Cc3ccccc3)C2)n1. The first-order chi connectivity index (χ1) is 12.2. The van der Waals surface area contributed by atoms with Gasteiger partial charge in [0.1, 0.15) is 5.82 Å². The maximum absolute atomic E-state index is 11.0. The van der Waals surface area contributed by atoms with Crippen molar-refractivity contribution in [2.24, 2.45) is 5.92 Å². The molecule has 0 bridgehead atoms. The van der Waals surface area contributed by atoms with Crippen LogP contribution in [0.2, 0.25) is 0 Å². The van der Waals surface area contributed by atoms with Gasteiger partial charge in [-0.3, -0.25) is 4.90 Å². The molecule has 1 atom stereocenters. The lowest BCUT2D eigenvalue weighted by atomic mass is 10.0. The van der Waals surface area contributed by atoms with Crippen LogP contribution in [-0.2, 0) is 6.54 Å². The Labute approximate surface area is 148 Å². The number of rotatable bonds is 6. The van der Waals surface area contributed by atoms with Gasteiger partial charge >= 0.3 is 5.97 Å². The van der Waals surface area contributed by atoms with Crippen LogP contribution in [-0.4, -0.2) is 40.6 Å². The summed E-state index contributed by atoms with van der Waals surface area (Å²) in [5.41, 5.74) is 1.43. The van der Waals surface area contributed by atoms with E-state index in [1.165, 1.54) is 30.9 Å². The molecule has 2 N–H and O–H groups in total. The quantitative estimate of drug-likeness (QED) is 0.843. The molecular formula is C20H25N3O2. The molecule has 1 aromatic carbocycles. The number of aromatic carboxylic acids is 1. The molecule has 1 unspecified atom stereocenters. The van der Waals surface area contributed by atoms with Gasteiger partial charge in [-0.1, -0.05) is 42.8 Å². The molecule has 2 heterocycles. The van der Waals surface area contributed by atoms with E-state index in [0.29, 0.717) is 11.7 Å². The largest absolute Gasteiger partial charge is 0.477 e. The van der Waals surface area contributed by atoms with Crippen LogP contribution in [0, 0.1) is 5.92 Å². The number of nitrogens with one attached hydrogen (secondary N) is 1. The predicted molar refractivity (Wildman–Crippen MR) is 98.7 cm³/mol. The van der Waals surface area contributed by atoms with Crippen LogP contribution >= 0.6 is 0 Å². The molecular weight excluding hydrogens is 314 g/mol. The summed E-state index contributed by atoms with van der Waals surface area (Å²) >= 11 is 0. The molecule has 2 aromatic rings. The van der Waals surface area contributed by atoms with Gasteiger partial charge in [0, 0.05) is 19.6 Å². The monoisotopic (exact) mass is 339 g/mol. The highest BCUT2D eigenvalue weighted by Gasteiger charge is 2.18. The molecule has 3 rings (SSSR count). The van der Waals surface area contributed by atoms with Crippen LogP contribution in [0.15, 0.2) is 48.5 Å². The molecule has 0 radical (unpaired) electrons. The van der Waals surface area contributed by atoms with Gasteiger partial charge in [-0.2, -0.15) is 0 Å². The van der Waals surface area contributed by atoms with Crippen molar-refractivity contribution in [2.45, 2.75) is 25.8 Å². The lowest BCUT2D eigenvalue weighted by Crippen LogP contribution is -2.31. The van der Waals surface area contributed by atoms with E-state index in [2.05, 4.69) is 45.5 Å². The van der Waals surface area contributed by atoms with E-state index in [1.807, 2.05) is 6.07 Å². The highest BCUT2D eigenvalue weighted by atomic mass is 16.4. The van der Waals surface area contributed by atoms with Crippen molar-refractivity contribution >= 4 is 11.8 Å². The summed E-state index contributed by atoms with van der Waals surface area (Å²) in [6.45, 7) is 4.00. The second-order valence-corrected chi connectivity index (χ2v) is 6.68. The summed E-state index contributed by atoms with van der Waals surface area (Å²) in [7, 11) is 0. The third kappa shape index (κ3) is 5.29. The Morgan fingerprint density at radius 2 is 2.00 bits per heavy atom. The molecule has 132 valence electrons. The summed E-state index contributed by atoms with van der Waals surface area (Å²) in [5, 5.41) is 12.4. The van der Waals surface area contributed by atoms with E-state index >= 15 is 0 Å². The van der Waals surface area contributed by atoms with E-state index in [-0.39, 0.29) is 5.69 Å². The Morgan fingerprint density at radius 1 is 1.16 bits per heavy atom. The van der Waals surface area contributed by atoms with Gasteiger partial charge in [-0.25, -0.2) is 9.78 Å². The van der Waals surface area contributed by atoms with Crippen molar-refractivity contribution in [3.8, 4) is 0 Å². The molecule has 0 amide bonds. The number of hydrogen-bond donors (Lipinski definition) is 2. The third-order valence-corrected chi connectivity index (χ3v) is 4.64. The van der Waals surface area contributed by atoms with Gasteiger partial charge in [0.05, 0.1) is 0 Å². The summed E-state index contributed by atoms with van der Waals surface area (Å²) in [4.78, 5) is 17.7. The van der Waals surface area contributed by atoms with Gasteiger partial charge in [0.15, 0.2) is 5.69 Å². The lowest BCUT2D eigenvalue weighted by molar-refractivity contribution is 0.0690.